The molecular formula is C10H5BrCl2N4O. The molecule has 1 amide bonds. The highest BCUT2D eigenvalue weighted by molar-refractivity contribution is 9.10. The van der Waals surface area contributed by atoms with E-state index in [0.29, 0.717) is 4.47 Å². The molecule has 0 atom stereocenters. The van der Waals surface area contributed by atoms with Crippen molar-refractivity contribution in [1.82, 2.24) is 15.2 Å². The molecule has 0 radical (unpaired) electrons. The average molecular weight is 348 g/mol. The van der Waals surface area contributed by atoms with E-state index in [0.717, 1.165) is 0 Å². The van der Waals surface area contributed by atoms with Gasteiger partial charge in [-0.25, -0.2) is 4.98 Å². The number of rotatable bonds is 2. The number of anilines is 1. The van der Waals surface area contributed by atoms with Crippen molar-refractivity contribution < 1.29 is 4.79 Å². The molecule has 0 spiro atoms. The van der Waals surface area contributed by atoms with Gasteiger partial charge in [-0.05, 0) is 34.1 Å². The molecule has 2 heterocycles. The van der Waals surface area contributed by atoms with Gasteiger partial charge in [-0.2, -0.15) is 0 Å². The maximum atomic E-state index is 11.9. The van der Waals surface area contributed by atoms with Crippen LogP contribution in [0.1, 0.15) is 10.4 Å². The van der Waals surface area contributed by atoms with Crippen molar-refractivity contribution in [1.29, 1.82) is 0 Å². The van der Waals surface area contributed by atoms with Gasteiger partial charge in [0.15, 0.2) is 11.0 Å². The summed E-state index contributed by atoms with van der Waals surface area (Å²) in [7, 11) is 0. The highest BCUT2D eigenvalue weighted by atomic mass is 79.9. The summed E-state index contributed by atoms with van der Waals surface area (Å²) in [5, 5.41) is 10.2. The molecule has 0 aliphatic carbocycles. The number of nitrogens with zero attached hydrogens (tertiary/aromatic N) is 3. The minimum Gasteiger partial charge on any atom is -0.305 e. The van der Waals surface area contributed by atoms with Gasteiger partial charge in [0.05, 0.1) is 5.56 Å². The molecule has 2 aromatic rings. The van der Waals surface area contributed by atoms with Gasteiger partial charge in [0.2, 0.25) is 0 Å². The van der Waals surface area contributed by atoms with E-state index in [2.05, 4.69) is 36.4 Å². The standard InChI is InChI=1S/C10H5BrCl2N4O/c11-5-3-6(9(13)14-4-5)10(18)15-8-2-1-7(12)16-17-8/h1-4H,(H,15,17,18). The predicted octanol–water partition coefficient (Wildman–Crippen LogP) is 3.19. The lowest BCUT2D eigenvalue weighted by Crippen LogP contribution is -2.14. The molecule has 0 saturated heterocycles. The quantitative estimate of drug-likeness (QED) is 0.847. The summed E-state index contributed by atoms with van der Waals surface area (Å²) in [5.74, 6) is -0.147. The van der Waals surface area contributed by atoms with E-state index in [-0.39, 0.29) is 21.7 Å². The summed E-state index contributed by atoms with van der Waals surface area (Å²) in [6.07, 6.45) is 1.50. The van der Waals surface area contributed by atoms with E-state index in [9.17, 15) is 4.79 Å². The summed E-state index contributed by atoms with van der Waals surface area (Å²) in [4.78, 5) is 15.8. The van der Waals surface area contributed by atoms with E-state index in [1.807, 2.05) is 0 Å². The van der Waals surface area contributed by atoms with Crippen molar-refractivity contribution >= 4 is 50.9 Å². The molecule has 18 heavy (non-hydrogen) atoms. The Kier molecular flexibility index (Phi) is 4.11. The topological polar surface area (TPSA) is 67.8 Å². The molecule has 0 bridgehead atoms. The Morgan fingerprint density at radius 1 is 1.28 bits per heavy atom. The molecule has 1 N–H and O–H groups in total. The molecule has 0 unspecified atom stereocenters. The number of pyridine rings is 1. The third kappa shape index (κ3) is 3.16. The second-order valence-electron chi connectivity index (χ2n) is 3.19. The third-order valence-electron chi connectivity index (χ3n) is 1.92. The zero-order valence-corrected chi connectivity index (χ0v) is 11.8. The van der Waals surface area contributed by atoms with Crippen molar-refractivity contribution in [2.45, 2.75) is 0 Å². The summed E-state index contributed by atoms with van der Waals surface area (Å²) in [6, 6.07) is 4.62. The van der Waals surface area contributed by atoms with Crippen LogP contribution in [0.15, 0.2) is 28.9 Å². The molecule has 0 fully saturated rings. The molecular weight excluding hydrogens is 343 g/mol. The van der Waals surface area contributed by atoms with Crippen LogP contribution in [0.4, 0.5) is 5.82 Å². The number of hydrogen-bond acceptors (Lipinski definition) is 4. The van der Waals surface area contributed by atoms with Crippen LogP contribution in [0, 0.1) is 0 Å². The molecule has 0 aliphatic heterocycles. The molecule has 0 saturated carbocycles. The Labute approximate surface area is 121 Å². The van der Waals surface area contributed by atoms with E-state index < -0.39 is 5.91 Å². The molecule has 0 aromatic carbocycles. The van der Waals surface area contributed by atoms with Gasteiger partial charge in [-0.1, -0.05) is 23.2 Å². The highest BCUT2D eigenvalue weighted by Gasteiger charge is 2.13. The zero-order valence-electron chi connectivity index (χ0n) is 8.69. The van der Waals surface area contributed by atoms with Gasteiger partial charge in [-0.15, -0.1) is 10.2 Å². The number of halogens is 3. The molecule has 2 rings (SSSR count). The maximum Gasteiger partial charge on any atom is 0.260 e. The molecule has 5 nitrogen and oxygen atoms in total. The second kappa shape index (κ2) is 5.60. The van der Waals surface area contributed by atoms with Gasteiger partial charge in [0, 0.05) is 10.7 Å². The number of carbonyl (C=O) groups is 1. The third-order valence-corrected chi connectivity index (χ3v) is 2.86. The van der Waals surface area contributed by atoms with Crippen molar-refractivity contribution in [3.8, 4) is 0 Å². The monoisotopic (exact) mass is 346 g/mol. The lowest BCUT2D eigenvalue weighted by atomic mass is 10.2. The first-order chi connectivity index (χ1) is 8.56. The zero-order chi connectivity index (χ0) is 13.1. The van der Waals surface area contributed by atoms with E-state index in [1.165, 1.54) is 18.3 Å². The fraction of sp³-hybridized carbons (Fsp3) is 0. The number of nitrogens with one attached hydrogen (secondary N) is 1. The second-order valence-corrected chi connectivity index (χ2v) is 4.85. The minimum atomic E-state index is -0.426. The van der Waals surface area contributed by atoms with E-state index in [4.69, 9.17) is 23.2 Å². The van der Waals surface area contributed by atoms with Crippen molar-refractivity contribution in [2.24, 2.45) is 0 Å². The van der Waals surface area contributed by atoms with Gasteiger partial charge in [-0.3, -0.25) is 4.79 Å². The predicted molar refractivity (Wildman–Crippen MR) is 71.9 cm³/mol. The van der Waals surface area contributed by atoms with Gasteiger partial charge in [0.1, 0.15) is 5.15 Å². The van der Waals surface area contributed by atoms with Crippen LogP contribution in [0.5, 0.6) is 0 Å². The molecule has 8 heteroatoms. The van der Waals surface area contributed by atoms with Crippen LogP contribution in [0.3, 0.4) is 0 Å². The Morgan fingerprint density at radius 3 is 2.72 bits per heavy atom. The SMILES string of the molecule is O=C(Nc1ccc(Cl)nn1)c1cc(Br)cnc1Cl. The largest absolute Gasteiger partial charge is 0.305 e. The lowest BCUT2D eigenvalue weighted by molar-refractivity contribution is 0.102. The van der Waals surface area contributed by atoms with Crippen molar-refractivity contribution in [2.75, 3.05) is 5.32 Å². The fourth-order valence-corrected chi connectivity index (χ4v) is 1.77. The Bertz CT molecular complexity index is 591. The summed E-state index contributed by atoms with van der Waals surface area (Å²) in [5.41, 5.74) is 0.239. The molecule has 0 aliphatic rings. The van der Waals surface area contributed by atoms with Crippen LogP contribution < -0.4 is 5.32 Å². The summed E-state index contributed by atoms with van der Waals surface area (Å²) >= 11 is 14.6. The van der Waals surface area contributed by atoms with Gasteiger partial charge < -0.3 is 5.32 Å². The number of hydrogen-bond donors (Lipinski definition) is 1. The van der Waals surface area contributed by atoms with Gasteiger partial charge in [0.25, 0.3) is 5.91 Å². The fourth-order valence-electron chi connectivity index (χ4n) is 1.15. The Hall–Kier alpha value is -1.24. The Morgan fingerprint density at radius 2 is 2.06 bits per heavy atom. The van der Waals surface area contributed by atoms with Crippen molar-refractivity contribution in [3.63, 3.8) is 0 Å². The lowest BCUT2D eigenvalue weighted by Gasteiger charge is -2.05. The molecule has 92 valence electrons. The first-order valence-electron chi connectivity index (χ1n) is 4.68. The van der Waals surface area contributed by atoms with Gasteiger partial charge >= 0.3 is 0 Å². The minimum absolute atomic E-state index is 0.109. The number of amides is 1. The van der Waals surface area contributed by atoms with Crippen LogP contribution in [0.25, 0.3) is 0 Å². The first kappa shape index (κ1) is 13.2. The maximum absolute atomic E-state index is 11.9. The van der Waals surface area contributed by atoms with E-state index >= 15 is 0 Å². The van der Waals surface area contributed by atoms with Crippen LogP contribution in [0.2, 0.25) is 10.3 Å². The van der Waals surface area contributed by atoms with Crippen LogP contribution >= 0.6 is 39.1 Å². The smallest absolute Gasteiger partial charge is 0.260 e. The van der Waals surface area contributed by atoms with Crippen molar-refractivity contribution in [3.05, 3.63) is 44.7 Å². The normalized spacial score (nSPS) is 10.2. The van der Waals surface area contributed by atoms with Crippen LogP contribution in [-0.2, 0) is 0 Å². The number of aromatic nitrogens is 3. The Balaban J connectivity index is 2.21. The average Bonchev–Trinajstić information content (AvgIpc) is 2.35. The van der Waals surface area contributed by atoms with Crippen LogP contribution in [-0.4, -0.2) is 21.1 Å². The number of carbonyl (C=O) groups excluding carboxylic acids is 1. The first-order valence-corrected chi connectivity index (χ1v) is 6.23. The van der Waals surface area contributed by atoms with E-state index in [1.54, 1.807) is 6.07 Å². The summed E-state index contributed by atoms with van der Waals surface area (Å²) in [6.45, 7) is 0. The highest BCUT2D eigenvalue weighted by Crippen LogP contribution is 2.19. The summed E-state index contributed by atoms with van der Waals surface area (Å²) < 4.78 is 0.652. The molecule has 2 aromatic heterocycles.